The summed E-state index contributed by atoms with van der Waals surface area (Å²) < 4.78 is 0.839. The molecule has 0 aliphatic rings. The Morgan fingerprint density at radius 2 is 1.82 bits per heavy atom. The summed E-state index contributed by atoms with van der Waals surface area (Å²) in [6, 6.07) is 15.1. The zero-order valence-electron chi connectivity index (χ0n) is 11.7. The van der Waals surface area contributed by atoms with Crippen LogP contribution in [0.4, 0.5) is 0 Å². The van der Waals surface area contributed by atoms with E-state index in [0.29, 0.717) is 27.7 Å². The second-order valence-electron chi connectivity index (χ2n) is 4.79. The Hall–Kier alpha value is -1.91. The minimum Gasteiger partial charge on any atom is -0.478 e. The van der Waals surface area contributed by atoms with Crippen molar-refractivity contribution >= 4 is 45.2 Å². The summed E-state index contributed by atoms with van der Waals surface area (Å²) in [7, 11) is 0. The van der Waals surface area contributed by atoms with Crippen LogP contribution in [0.15, 0.2) is 53.0 Å². The number of aromatic carboxylic acids is 1. The molecule has 0 amide bonds. The lowest BCUT2D eigenvalue weighted by atomic mass is 9.98. The monoisotopic (exact) mass is 377 g/mol. The maximum absolute atomic E-state index is 11.7. The number of rotatable bonds is 2. The summed E-state index contributed by atoms with van der Waals surface area (Å²) in [6.07, 6.45) is 0. The highest BCUT2D eigenvalue weighted by atomic mass is 79.9. The van der Waals surface area contributed by atoms with Crippen LogP contribution in [-0.4, -0.2) is 16.1 Å². The quantitative estimate of drug-likeness (QED) is 0.675. The topological polar surface area (TPSA) is 50.2 Å². The van der Waals surface area contributed by atoms with E-state index in [9.17, 15) is 9.90 Å². The van der Waals surface area contributed by atoms with E-state index in [-0.39, 0.29) is 12.4 Å². The second-order valence-corrected chi connectivity index (χ2v) is 5.71. The average molecular weight is 379 g/mol. The molecule has 3 aromatic rings. The van der Waals surface area contributed by atoms with Crippen molar-refractivity contribution < 1.29 is 9.90 Å². The Labute approximate surface area is 142 Å². The Morgan fingerprint density at radius 3 is 2.45 bits per heavy atom. The van der Waals surface area contributed by atoms with Crippen LogP contribution in [0.3, 0.4) is 0 Å². The molecule has 0 saturated heterocycles. The highest BCUT2D eigenvalue weighted by Crippen LogP contribution is 2.31. The third-order valence-electron chi connectivity index (χ3n) is 3.45. The van der Waals surface area contributed by atoms with Gasteiger partial charge in [-0.1, -0.05) is 46.3 Å². The number of carboxylic acids is 1. The molecule has 112 valence electrons. The van der Waals surface area contributed by atoms with Crippen LogP contribution >= 0.6 is 28.3 Å². The zero-order chi connectivity index (χ0) is 15.0. The van der Waals surface area contributed by atoms with Crippen LogP contribution in [0.5, 0.6) is 0 Å². The van der Waals surface area contributed by atoms with Crippen molar-refractivity contribution in [2.45, 2.75) is 6.92 Å². The molecule has 0 saturated carbocycles. The minimum atomic E-state index is -0.935. The molecular formula is C17H13BrClNO2. The largest absolute Gasteiger partial charge is 0.478 e. The van der Waals surface area contributed by atoms with E-state index in [4.69, 9.17) is 0 Å². The fourth-order valence-corrected chi connectivity index (χ4v) is 2.84. The van der Waals surface area contributed by atoms with Gasteiger partial charge in [0.25, 0.3) is 0 Å². The smallest absolute Gasteiger partial charge is 0.336 e. The number of fused-ring (bicyclic) bond motifs is 1. The third kappa shape index (κ3) is 2.85. The van der Waals surface area contributed by atoms with E-state index < -0.39 is 5.97 Å². The Morgan fingerprint density at radius 1 is 1.14 bits per heavy atom. The van der Waals surface area contributed by atoms with E-state index in [1.165, 1.54) is 0 Å². The van der Waals surface area contributed by atoms with Crippen molar-refractivity contribution in [3.8, 4) is 11.3 Å². The van der Waals surface area contributed by atoms with Gasteiger partial charge in [0, 0.05) is 15.4 Å². The van der Waals surface area contributed by atoms with Gasteiger partial charge in [-0.15, -0.1) is 12.4 Å². The molecule has 1 N–H and O–H groups in total. The minimum absolute atomic E-state index is 0. The number of hydrogen-bond acceptors (Lipinski definition) is 2. The summed E-state index contributed by atoms with van der Waals surface area (Å²) in [6.45, 7) is 1.80. The third-order valence-corrected chi connectivity index (χ3v) is 3.94. The van der Waals surface area contributed by atoms with Gasteiger partial charge in [-0.05, 0) is 30.7 Å². The Kier molecular flexibility index (Phi) is 4.84. The maximum atomic E-state index is 11.7. The molecule has 0 unspecified atom stereocenters. The fourth-order valence-electron chi connectivity index (χ4n) is 2.48. The van der Waals surface area contributed by atoms with Crippen LogP contribution in [0, 0.1) is 6.92 Å². The number of benzene rings is 2. The Balaban J connectivity index is 0.00000176. The van der Waals surface area contributed by atoms with Gasteiger partial charge in [-0.2, -0.15) is 0 Å². The predicted molar refractivity (Wildman–Crippen MR) is 93.8 cm³/mol. The van der Waals surface area contributed by atoms with Gasteiger partial charge in [0.05, 0.1) is 16.8 Å². The van der Waals surface area contributed by atoms with Gasteiger partial charge < -0.3 is 5.11 Å². The summed E-state index contributed by atoms with van der Waals surface area (Å²) in [5.74, 6) is -0.935. The molecule has 0 atom stereocenters. The van der Waals surface area contributed by atoms with E-state index >= 15 is 0 Å². The van der Waals surface area contributed by atoms with E-state index in [1.54, 1.807) is 13.0 Å². The molecule has 0 radical (unpaired) electrons. The SMILES string of the molecule is Cc1c(-c2ccccc2)nc2ccc(Br)cc2c1C(=O)O.Cl. The summed E-state index contributed by atoms with van der Waals surface area (Å²) in [5.41, 5.74) is 3.30. The van der Waals surface area contributed by atoms with Crippen LogP contribution in [0.2, 0.25) is 0 Å². The highest BCUT2D eigenvalue weighted by molar-refractivity contribution is 9.10. The predicted octanol–water partition coefficient (Wildman–Crippen LogP) is 5.09. The highest BCUT2D eigenvalue weighted by Gasteiger charge is 2.18. The molecule has 3 rings (SSSR count). The molecule has 0 fully saturated rings. The molecule has 22 heavy (non-hydrogen) atoms. The molecule has 5 heteroatoms. The van der Waals surface area contributed by atoms with Crippen molar-refractivity contribution in [3.63, 3.8) is 0 Å². The van der Waals surface area contributed by atoms with Crippen LogP contribution < -0.4 is 0 Å². The van der Waals surface area contributed by atoms with Gasteiger partial charge in [-0.25, -0.2) is 9.78 Å². The van der Waals surface area contributed by atoms with E-state index in [1.807, 2.05) is 42.5 Å². The van der Waals surface area contributed by atoms with Crippen LogP contribution in [-0.2, 0) is 0 Å². The second kappa shape index (κ2) is 6.46. The standard InChI is InChI=1S/C17H12BrNO2.ClH/c1-10-15(17(20)21)13-9-12(18)7-8-14(13)19-16(10)11-5-3-2-4-6-11;/h2-9H,1H3,(H,20,21);1H. The van der Waals surface area contributed by atoms with Crippen molar-refractivity contribution in [1.29, 1.82) is 0 Å². The number of nitrogens with zero attached hydrogens (tertiary/aromatic N) is 1. The van der Waals surface area contributed by atoms with Gasteiger partial charge in [0.15, 0.2) is 0 Å². The molecule has 0 bridgehead atoms. The van der Waals surface area contributed by atoms with Crippen LogP contribution in [0.1, 0.15) is 15.9 Å². The molecular weight excluding hydrogens is 366 g/mol. The molecule has 2 aromatic carbocycles. The first-order chi connectivity index (χ1) is 10.1. The first kappa shape index (κ1) is 16.5. The summed E-state index contributed by atoms with van der Waals surface area (Å²) >= 11 is 3.38. The Bertz CT molecular complexity index is 850. The lowest BCUT2D eigenvalue weighted by Gasteiger charge is -2.12. The molecule has 0 aliphatic carbocycles. The van der Waals surface area contributed by atoms with Gasteiger partial charge in [0.1, 0.15) is 0 Å². The summed E-state index contributed by atoms with van der Waals surface area (Å²) in [5, 5.41) is 10.2. The molecule has 3 nitrogen and oxygen atoms in total. The number of pyridine rings is 1. The zero-order valence-corrected chi connectivity index (χ0v) is 14.1. The molecule has 1 heterocycles. The van der Waals surface area contributed by atoms with Crippen molar-refractivity contribution in [2.24, 2.45) is 0 Å². The molecule has 0 spiro atoms. The van der Waals surface area contributed by atoms with E-state index in [2.05, 4.69) is 20.9 Å². The van der Waals surface area contributed by atoms with Crippen molar-refractivity contribution in [1.82, 2.24) is 4.98 Å². The maximum Gasteiger partial charge on any atom is 0.336 e. The van der Waals surface area contributed by atoms with Crippen molar-refractivity contribution in [3.05, 3.63) is 64.1 Å². The lowest BCUT2D eigenvalue weighted by molar-refractivity contribution is 0.0698. The first-order valence-electron chi connectivity index (χ1n) is 6.46. The fraction of sp³-hybridized carbons (Fsp3) is 0.0588. The normalized spacial score (nSPS) is 10.3. The number of hydrogen-bond donors (Lipinski definition) is 1. The van der Waals surface area contributed by atoms with Crippen molar-refractivity contribution in [2.75, 3.05) is 0 Å². The molecule has 0 aliphatic heterocycles. The lowest BCUT2D eigenvalue weighted by Crippen LogP contribution is -2.05. The number of carbonyl (C=O) groups is 1. The average Bonchev–Trinajstić information content (AvgIpc) is 2.47. The van der Waals surface area contributed by atoms with Crippen LogP contribution in [0.25, 0.3) is 22.2 Å². The van der Waals surface area contributed by atoms with E-state index in [0.717, 1.165) is 10.0 Å². The first-order valence-corrected chi connectivity index (χ1v) is 7.26. The van der Waals surface area contributed by atoms with Gasteiger partial charge in [-0.3, -0.25) is 0 Å². The summed E-state index contributed by atoms with van der Waals surface area (Å²) in [4.78, 5) is 16.3. The number of aromatic nitrogens is 1. The number of halogens is 2. The molecule has 1 aromatic heterocycles. The number of carboxylic acid groups (broad SMARTS) is 1. The van der Waals surface area contributed by atoms with Gasteiger partial charge in [0.2, 0.25) is 0 Å². The van der Waals surface area contributed by atoms with Gasteiger partial charge >= 0.3 is 5.97 Å².